The first-order chi connectivity index (χ1) is 8.78. The van der Waals surface area contributed by atoms with E-state index in [1.807, 2.05) is 24.3 Å². The van der Waals surface area contributed by atoms with Crippen LogP contribution in [0.5, 0.6) is 0 Å². The molecule has 0 aromatic heterocycles. The SMILES string of the molecule is O=C1C2CCC=CC2OC12C=CC1=NN=CC1=C2. The molecule has 2 aliphatic heterocycles. The molecule has 0 radical (unpaired) electrons. The van der Waals surface area contributed by atoms with Gasteiger partial charge in [0.1, 0.15) is 0 Å². The van der Waals surface area contributed by atoms with Crippen LogP contribution < -0.4 is 0 Å². The standard InChI is InChI=1S/C14H12N2O2/c17-13-10-3-1-2-4-12(10)18-14(13)6-5-11-9(7-14)8-15-16-11/h2,4-8,10,12H,1,3H2. The van der Waals surface area contributed by atoms with Gasteiger partial charge in [-0.25, -0.2) is 0 Å². The average molecular weight is 240 g/mol. The highest BCUT2D eigenvalue weighted by Crippen LogP contribution is 2.41. The summed E-state index contributed by atoms with van der Waals surface area (Å²) in [5.41, 5.74) is 0.797. The van der Waals surface area contributed by atoms with E-state index in [0.29, 0.717) is 0 Å². The minimum Gasteiger partial charge on any atom is -0.351 e. The summed E-state index contributed by atoms with van der Waals surface area (Å²) in [6.07, 6.45) is 13.1. The Hall–Kier alpha value is -1.81. The van der Waals surface area contributed by atoms with Crippen LogP contribution in [0.3, 0.4) is 0 Å². The third-order valence-electron chi connectivity index (χ3n) is 3.94. The fourth-order valence-corrected chi connectivity index (χ4v) is 3.01. The lowest BCUT2D eigenvalue weighted by Gasteiger charge is -2.23. The van der Waals surface area contributed by atoms with Gasteiger partial charge in [0, 0.05) is 5.57 Å². The van der Waals surface area contributed by atoms with Crippen molar-refractivity contribution >= 4 is 17.7 Å². The molecule has 3 atom stereocenters. The number of ether oxygens (including phenoxy) is 1. The maximum atomic E-state index is 12.6. The molecule has 0 aromatic carbocycles. The molecular weight excluding hydrogens is 228 g/mol. The molecule has 2 aliphatic carbocycles. The van der Waals surface area contributed by atoms with Crippen molar-refractivity contribution in [3.8, 4) is 0 Å². The van der Waals surface area contributed by atoms with Gasteiger partial charge >= 0.3 is 0 Å². The van der Waals surface area contributed by atoms with Crippen LogP contribution in [0, 0.1) is 5.92 Å². The van der Waals surface area contributed by atoms with Crippen LogP contribution in [-0.4, -0.2) is 29.4 Å². The molecule has 1 fully saturated rings. The van der Waals surface area contributed by atoms with E-state index in [-0.39, 0.29) is 17.8 Å². The zero-order valence-electron chi connectivity index (χ0n) is 9.74. The van der Waals surface area contributed by atoms with Crippen molar-refractivity contribution in [1.29, 1.82) is 0 Å². The number of ketones is 1. The van der Waals surface area contributed by atoms with Gasteiger partial charge in [0.2, 0.25) is 0 Å². The van der Waals surface area contributed by atoms with Crippen LogP contribution in [0.2, 0.25) is 0 Å². The molecule has 0 aromatic rings. The zero-order valence-corrected chi connectivity index (χ0v) is 9.74. The van der Waals surface area contributed by atoms with Crippen molar-refractivity contribution in [2.24, 2.45) is 16.1 Å². The fraction of sp³-hybridized carbons (Fsp3) is 0.357. The molecular formula is C14H12N2O2. The Kier molecular flexibility index (Phi) is 1.89. The van der Waals surface area contributed by atoms with Crippen LogP contribution in [0.1, 0.15) is 12.8 Å². The topological polar surface area (TPSA) is 51.0 Å². The first kappa shape index (κ1) is 10.1. The quantitative estimate of drug-likeness (QED) is 0.604. The van der Waals surface area contributed by atoms with Gasteiger partial charge in [0.05, 0.1) is 23.9 Å². The van der Waals surface area contributed by atoms with Crippen molar-refractivity contribution in [2.45, 2.75) is 24.5 Å². The van der Waals surface area contributed by atoms with Crippen molar-refractivity contribution in [3.05, 3.63) is 36.0 Å². The van der Waals surface area contributed by atoms with Crippen molar-refractivity contribution < 1.29 is 9.53 Å². The highest BCUT2D eigenvalue weighted by molar-refractivity contribution is 6.25. The Bertz CT molecular complexity index is 583. The first-order valence-electron chi connectivity index (χ1n) is 6.21. The van der Waals surface area contributed by atoms with E-state index in [4.69, 9.17) is 4.74 Å². The molecule has 4 nitrogen and oxygen atoms in total. The maximum absolute atomic E-state index is 12.6. The van der Waals surface area contributed by atoms with Crippen LogP contribution in [0.25, 0.3) is 0 Å². The molecule has 0 amide bonds. The average Bonchev–Trinajstić information content (AvgIpc) is 2.95. The minimum absolute atomic E-state index is 0.00618. The number of hydrogen-bond acceptors (Lipinski definition) is 4. The molecule has 1 saturated heterocycles. The zero-order chi connectivity index (χ0) is 12.2. The number of carbonyl (C=O) groups excluding carboxylic acids is 1. The Morgan fingerprint density at radius 2 is 2.39 bits per heavy atom. The van der Waals surface area contributed by atoms with E-state index in [9.17, 15) is 4.79 Å². The third kappa shape index (κ3) is 1.21. The second-order valence-electron chi connectivity index (χ2n) is 5.01. The number of carbonyl (C=O) groups is 1. The van der Waals surface area contributed by atoms with Gasteiger partial charge in [-0.3, -0.25) is 4.79 Å². The number of rotatable bonds is 0. The highest BCUT2D eigenvalue weighted by Gasteiger charge is 2.52. The Morgan fingerprint density at radius 3 is 3.28 bits per heavy atom. The van der Waals surface area contributed by atoms with Gasteiger partial charge in [0.15, 0.2) is 11.4 Å². The summed E-state index contributed by atoms with van der Waals surface area (Å²) in [5.74, 6) is 0.160. The third-order valence-corrected chi connectivity index (χ3v) is 3.94. The summed E-state index contributed by atoms with van der Waals surface area (Å²) in [5, 5.41) is 7.84. The van der Waals surface area contributed by atoms with Crippen LogP contribution in [0.4, 0.5) is 0 Å². The molecule has 18 heavy (non-hydrogen) atoms. The molecule has 4 aliphatic rings. The molecule has 1 spiro atoms. The summed E-state index contributed by atoms with van der Waals surface area (Å²) in [6.45, 7) is 0. The minimum atomic E-state index is -0.894. The Balaban J connectivity index is 1.78. The Labute approximate surface area is 104 Å². The summed E-state index contributed by atoms with van der Waals surface area (Å²) < 4.78 is 6.00. The lowest BCUT2D eigenvalue weighted by Crippen LogP contribution is -2.36. The molecule has 0 saturated carbocycles. The molecule has 0 bridgehead atoms. The number of nitrogens with zero attached hydrogens (tertiary/aromatic N) is 2. The van der Waals surface area contributed by atoms with Gasteiger partial charge in [-0.1, -0.05) is 12.2 Å². The molecule has 2 heterocycles. The van der Waals surface area contributed by atoms with E-state index < -0.39 is 5.60 Å². The first-order valence-corrected chi connectivity index (χ1v) is 6.21. The lowest BCUT2D eigenvalue weighted by atomic mass is 9.81. The second-order valence-corrected chi connectivity index (χ2v) is 5.01. The van der Waals surface area contributed by atoms with Gasteiger partial charge in [0.25, 0.3) is 0 Å². The van der Waals surface area contributed by atoms with Gasteiger partial charge in [-0.15, -0.1) is 0 Å². The monoisotopic (exact) mass is 240 g/mol. The fourth-order valence-electron chi connectivity index (χ4n) is 3.01. The van der Waals surface area contributed by atoms with E-state index in [0.717, 1.165) is 24.1 Å². The molecule has 4 rings (SSSR count). The molecule has 3 unspecified atom stereocenters. The largest absolute Gasteiger partial charge is 0.351 e. The van der Waals surface area contributed by atoms with E-state index in [1.54, 1.807) is 6.21 Å². The molecule has 4 heteroatoms. The summed E-state index contributed by atoms with van der Waals surface area (Å²) in [6, 6.07) is 0. The number of hydrogen-bond donors (Lipinski definition) is 0. The van der Waals surface area contributed by atoms with Crippen molar-refractivity contribution in [1.82, 2.24) is 0 Å². The maximum Gasteiger partial charge on any atom is 0.178 e. The van der Waals surface area contributed by atoms with E-state index >= 15 is 0 Å². The van der Waals surface area contributed by atoms with Crippen LogP contribution in [0.15, 0.2) is 46.2 Å². The van der Waals surface area contributed by atoms with Crippen molar-refractivity contribution in [2.75, 3.05) is 0 Å². The summed E-state index contributed by atoms with van der Waals surface area (Å²) >= 11 is 0. The normalized spacial score (nSPS) is 39.9. The number of allylic oxidation sites excluding steroid dienone is 3. The Morgan fingerprint density at radius 1 is 1.44 bits per heavy atom. The van der Waals surface area contributed by atoms with Crippen LogP contribution >= 0.6 is 0 Å². The number of fused-ring (bicyclic) bond motifs is 2. The molecule has 90 valence electrons. The van der Waals surface area contributed by atoms with E-state index in [2.05, 4.69) is 16.3 Å². The molecule has 0 N–H and O–H groups in total. The van der Waals surface area contributed by atoms with Crippen LogP contribution in [-0.2, 0) is 9.53 Å². The predicted octanol–water partition coefficient (Wildman–Crippen LogP) is 1.60. The lowest BCUT2D eigenvalue weighted by molar-refractivity contribution is -0.126. The highest BCUT2D eigenvalue weighted by atomic mass is 16.5. The smallest absolute Gasteiger partial charge is 0.178 e. The summed E-state index contributed by atoms with van der Waals surface area (Å²) in [7, 11) is 0. The van der Waals surface area contributed by atoms with Gasteiger partial charge < -0.3 is 4.74 Å². The van der Waals surface area contributed by atoms with E-state index in [1.165, 1.54) is 0 Å². The predicted molar refractivity (Wildman–Crippen MR) is 67.6 cm³/mol. The van der Waals surface area contributed by atoms with Crippen molar-refractivity contribution in [3.63, 3.8) is 0 Å². The van der Waals surface area contributed by atoms with Gasteiger partial charge in [-0.2, -0.15) is 10.2 Å². The second kappa shape index (κ2) is 3.36. The number of Topliss-reactive ketones (excluding diaryl/α,β-unsaturated/α-hetero) is 1. The summed E-state index contributed by atoms with van der Waals surface area (Å²) in [4.78, 5) is 12.6. The van der Waals surface area contributed by atoms with Gasteiger partial charge in [-0.05, 0) is 31.1 Å².